The third-order valence-electron chi connectivity index (χ3n) is 8.71. The molecule has 0 atom stereocenters. The Labute approximate surface area is 261 Å². The predicted octanol–water partition coefficient (Wildman–Crippen LogP) is 7.96. The van der Waals surface area contributed by atoms with Crippen molar-refractivity contribution in [1.29, 1.82) is 0 Å². The molecule has 0 aliphatic heterocycles. The van der Waals surface area contributed by atoms with Crippen molar-refractivity contribution >= 4 is 45.0 Å². The molecule has 0 radical (unpaired) electrons. The molecule has 2 heterocycles. The molecule has 6 aromatic rings. The van der Waals surface area contributed by atoms with Crippen LogP contribution in [0.3, 0.4) is 0 Å². The summed E-state index contributed by atoms with van der Waals surface area (Å²) in [7, 11) is 0. The second kappa shape index (κ2) is 11.9. The lowest BCUT2D eigenvalue weighted by atomic mass is 9.90. The van der Waals surface area contributed by atoms with E-state index in [1.165, 1.54) is 5.52 Å². The van der Waals surface area contributed by atoms with E-state index in [4.69, 9.17) is 4.42 Å². The van der Waals surface area contributed by atoms with Crippen LogP contribution in [0.25, 0.3) is 21.8 Å². The summed E-state index contributed by atoms with van der Waals surface area (Å²) in [6, 6.07) is 33.7. The molecule has 0 fully saturated rings. The summed E-state index contributed by atoms with van der Waals surface area (Å²) in [6.07, 6.45) is 2.19. The van der Waals surface area contributed by atoms with Crippen molar-refractivity contribution in [3.8, 4) is 0 Å². The molecule has 0 spiro atoms. The van der Waals surface area contributed by atoms with E-state index >= 15 is 0 Å². The van der Waals surface area contributed by atoms with Crippen LogP contribution in [0, 0.1) is 6.92 Å². The first kappa shape index (κ1) is 28.3. The van der Waals surface area contributed by atoms with Gasteiger partial charge in [-0.2, -0.15) is 5.10 Å². The second-order valence-electron chi connectivity index (χ2n) is 11.4. The number of benzene rings is 4. The van der Waals surface area contributed by atoms with E-state index in [-0.39, 0.29) is 17.6 Å². The smallest absolute Gasteiger partial charge is 0.291 e. The summed E-state index contributed by atoms with van der Waals surface area (Å²) in [6.45, 7) is 4.88. The van der Waals surface area contributed by atoms with Gasteiger partial charge in [-0.25, -0.2) is 5.43 Å². The predicted molar refractivity (Wildman–Crippen MR) is 179 cm³/mol. The Morgan fingerprint density at radius 2 is 1.51 bits per heavy atom. The number of para-hydroxylation sites is 1. The number of nitrogens with zero attached hydrogens (tertiary/aromatic N) is 2. The zero-order valence-corrected chi connectivity index (χ0v) is 25.3. The normalized spacial score (nSPS) is 13.8. The summed E-state index contributed by atoms with van der Waals surface area (Å²) < 4.78 is 8.44. The third kappa shape index (κ3) is 5.20. The Balaban J connectivity index is 1.15. The van der Waals surface area contributed by atoms with Crippen molar-refractivity contribution in [3.05, 3.63) is 137 Å². The number of aromatic nitrogens is 1. The molecule has 4 aromatic carbocycles. The minimum atomic E-state index is -0.504. The molecule has 0 bridgehead atoms. The van der Waals surface area contributed by atoms with Crippen molar-refractivity contribution in [2.24, 2.45) is 5.10 Å². The van der Waals surface area contributed by atoms with Crippen LogP contribution in [0.4, 0.5) is 5.69 Å². The minimum absolute atomic E-state index is 0.217. The van der Waals surface area contributed by atoms with Crippen LogP contribution in [0.2, 0.25) is 0 Å². The average molecular weight is 595 g/mol. The van der Waals surface area contributed by atoms with Crippen molar-refractivity contribution in [2.45, 2.75) is 45.6 Å². The quantitative estimate of drug-likeness (QED) is 0.184. The zero-order chi connectivity index (χ0) is 30.9. The van der Waals surface area contributed by atoms with Gasteiger partial charge in [-0.05, 0) is 62.1 Å². The van der Waals surface area contributed by atoms with Crippen molar-refractivity contribution < 1.29 is 14.0 Å². The van der Waals surface area contributed by atoms with Gasteiger partial charge in [-0.3, -0.25) is 9.59 Å². The van der Waals surface area contributed by atoms with Gasteiger partial charge in [0.25, 0.3) is 11.8 Å². The van der Waals surface area contributed by atoms with Gasteiger partial charge in [0.1, 0.15) is 5.76 Å². The van der Waals surface area contributed by atoms with Crippen LogP contribution in [0.1, 0.15) is 64.3 Å². The summed E-state index contributed by atoms with van der Waals surface area (Å²) in [5.74, 6) is -0.0390. The largest absolute Gasteiger partial charge is 0.455 e. The topological polar surface area (TPSA) is 88.6 Å². The van der Waals surface area contributed by atoms with Gasteiger partial charge in [0.15, 0.2) is 5.76 Å². The fraction of sp³-hybridized carbons (Fsp3) is 0.184. The van der Waals surface area contributed by atoms with E-state index in [1.54, 1.807) is 0 Å². The summed E-state index contributed by atoms with van der Waals surface area (Å²) >= 11 is 0. The highest BCUT2D eigenvalue weighted by Gasteiger charge is 2.29. The third-order valence-corrected chi connectivity index (χ3v) is 8.71. The van der Waals surface area contributed by atoms with Crippen molar-refractivity contribution in [2.75, 3.05) is 5.32 Å². The molecule has 2 aromatic heterocycles. The Hall–Kier alpha value is -5.43. The maximum Gasteiger partial charge on any atom is 0.291 e. The lowest BCUT2D eigenvalue weighted by Gasteiger charge is -2.18. The Kier molecular flexibility index (Phi) is 7.51. The molecular formula is C38H34N4O3. The van der Waals surface area contributed by atoms with Gasteiger partial charge in [0, 0.05) is 51.6 Å². The summed E-state index contributed by atoms with van der Waals surface area (Å²) in [5, 5.41) is 9.91. The van der Waals surface area contributed by atoms with Crippen LogP contribution in [0.5, 0.6) is 0 Å². The molecule has 224 valence electrons. The van der Waals surface area contributed by atoms with E-state index < -0.39 is 5.92 Å². The Bertz CT molecular complexity index is 2030. The first-order valence-corrected chi connectivity index (χ1v) is 15.4. The Morgan fingerprint density at radius 3 is 2.22 bits per heavy atom. The molecule has 2 N–H and O–H groups in total. The maximum atomic E-state index is 13.6. The number of carbonyl (C=O) groups is 2. The van der Waals surface area contributed by atoms with Crippen LogP contribution in [0.15, 0.2) is 113 Å². The molecule has 1 aliphatic carbocycles. The van der Waals surface area contributed by atoms with E-state index in [0.29, 0.717) is 18.5 Å². The van der Waals surface area contributed by atoms with Crippen molar-refractivity contribution in [1.82, 2.24) is 9.99 Å². The van der Waals surface area contributed by atoms with E-state index in [9.17, 15) is 9.59 Å². The molecule has 1 aliphatic rings. The lowest BCUT2D eigenvalue weighted by molar-refractivity contribution is -0.121. The van der Waals surface area contributed by atoms with Gasteiger partial charge in [-0.15, -0.1) is 0 Å². The van der Waals surface area contributed by atoms with Gasteiger partial charge in [0.05, 0.1) is 11.6 Å². The highest BCUT2D eigenvalue weighted by Crippen LogP contribution is 2.33. The van der Waals surface area contributed by atoms with E-state index in [1.807, 2.05) is 91.9 Å². The minimum Gasteiger partial charge on any atom is -0.455 e. The number of hydrogen-bond donors (Lipinski definition) is 2. The molecule has 7 rings (SSSR count). The first-order valence-electron chi connectivity index (χ1n) is 15.4. The average Bonchev–Trinajstić information content (AvgIpc) is 3.59. The molecule has 45 heavy (non-hydrogen) atoms. The number of carbonyl (C=O) groups excluding carboxylic acids is 2. The molecular weight excluding hydrogens is 560 g/mol. The number of furan rings is 1. The Morgan fingerprint density at radius 1 is 0.844 bits per heavy atom. The number of aryl methyl sites for hydroxylation is 2. The highest BCUT2D eigenvalue weighted by atomic mass is 16.4. The fourth-order valence-electron chi connectivity index (χ4n) is 6.63. The van der Waals surface area contributed by atoms with Gasteiger partial charge in [0.2, 0.25) is 0 Å². The van der Waals surface area contributed by atoms with Gasteiger partial charge in [-0.1, -0.05) is 78.9 Å². The monoisotopic (exact) mass is 594 g/mol. The van der Waals surface area contributed by atoms with Gasteiger partial charge < -0.3 is 14.3 Å². The van der Waals surface area contributed by atoms with Crippen LogP contribution >= 0.6 is 0 Å². The van der Waals surface area contributed by atoms with Gasteiger partial charge >= 0.3 is 0 Å². The molecule has 7 heteroatoms. The number of fused-ring (bicyclic) bond motifs is 4. The molecule has 7 nitrogen and oxygen atoms in total. The number of nitrogens with one attached hydrogen (secondary N) is 2. The number of rotatable bonds is 7. The first-order chi connectivity index (χ1) is 22.0. The SMILES string of the molecule is CCn1c2ccccc2c2cc(NC(=O)c3oc4c(c3C)/C(=N/NC(=O)C(c3ccccc3)c3ccccc3)CCC4)ccc21. The number of amides is 2. The van der Waals surface area contributed by atoms with E-state index in [2.05, 4.69) is 45.5 Å². The lowest BCUT2D eigenvalue weighted by Crippen LogP contribution is -2.28. The maximum absolute atomic E-state index is 13.6. The van der Waals surface area contributed by atoms with Crippen LogP contribution in [-0.4, -0.2) is 22.1 Å². The second-order valence-corrected chi connectivity index (χ2v) is 11.4. The standard InChI is InChI=1S/C38H34N4O3/c1-3-42-31-19-11-10-17-28(31)29-23-27(21-22-32(29)42)39-38(44)36-24(2)34-30(18-12-20-33(34)45-36)40-41-37(43)35(25-13-6-4-7-14-25)26-15-8-5-9-16-26/h4-11,13-17,19,21-23,35H,3,12,18,20H2,1-2H3,(H,39,44)(H,41,43)/b40-30+. The molecule has 0 unspecified atom stereocenters. The molecule has 2 amide bonds. The highest BCUT2D eigenvalue weighted by molar-refractivity contribution is 6.12. The molecule has 0 saturated carbocycles. The summed E-state index contributed by atoms with van der Waals surface area (Å²) in [4.78, 5) is 27.2. The van der Waals surface area contributed by atoms with E-state index in [0.717, 1.165) is 63.0 Å². The number of hydrogen-bond acceptors (Lipinski definition) is 4. The zero-order valence-electron chi connectivity index (χ0n) is 25.3. The van der Waals surface area contributed by atoms with Crippen molar-refractivity contribution in [3.63, 3.8) is 0 Å². The number of hydrazone groups is 1. The van der Waals surface area contributed by atoms with Crippen LogP contribution < -0.4 is 10.7 Å². The molecule has 0 saturated heterocycles. The number of anilines is 1. The summed E-state index contributed by atoms with van der Waals surface area (Å²) in [5.41, 5.74) is 9.88. The fourth-order valence-corrected chi connectivity index (χ4v) is 6.63. The van der Waals surface area contributed by atoms with Crippen LogP contribution in [-0.2, 0) is 17.8 Å².